The SMILES string of the molecule is CCCCn1cc(C2(c3cn(CCCC)c4ccccc34)OC(=O)c3ncccc32)c2ccccc21. The van der Waals surface area contributed by atoms with Gasteiger partial charge in [0.25, 0.3) is 0 Å². The fourth-order valence-electron chi connectivity index (χ4n) is 5.72. The van der Waals surface area contributed by atoms with Gasteiger partial charge in [-0.2, -0.15) is 0 Å². The average Bonchev–Trinajstić information content (AvgIpc) is 3.57. The number of pyridine rings is 1. The molecule has 0 N–H and O–H groups in total. The summed E-state index contributed by atoms with van der Waals surface area (Å²) < 4.78 is 11.1. The summed E-state index contributed by atoms with van der Waals surface area (Å²) in [6, 6.07) is 20.8. The molecule has 0 saturated heterocycles. The molecule has 2 aromatic carbocycles. The number of hydrogen-bond donors (Lipinski definition) is 0. The van der Waals surface area contributed by atoms with Crippen molar-refractivity contribution in [3.05, 3.63) is 102 Å². The van der Waals surface area contributed by atoms with Gasteiger partial charge in [-0.1, -0.05) is 69.2 Å². The van der Waals surface area contributed by atoms with Crippen LogP contribution in [0, 0.1) is 0 Å². The molecule has 36 heavy (non-hydrogen) atoms. The van der Waals surface area contributed by atoms with Crippen molar-refractivity contribution < 1.29 is 9.53 Å². The molecule has 5 heteroatoms. The van der Waals surface area contributed by atoms with E-state index < -0.39 is 5.60 Å². The lowest BCUT2D eigenvalue weighted by molar-refractivity contribution is 0.0256. The molecule has 182 valence electrons. The molecule has 0 atom stereocenters. The molecule has 0 unspecified atom stereocenters. The number of cyclic esters (lactones) is 1. The summed E-state index contributed by atoms with van der Waals surface area (Å²) in [5, 5.41) is 2.20. The van der Waals surface area contributed by atoms with Gasteiger partial charge in [0.05, 0.1) is 0 Å². The quantitative estimate of drug-likeness (QED) is 0.225. The zero-order chi connectivity index (χ0) is 24.7. The van der Waals surface area contributed by atoms with Crippen molar-refractivity contribution >= 4 is 27.8 Å². The summed E-state index contributed by atoms with van der Waals surface area (Å²) in [7, 11) is 0. The number of rotatable bonds is 8. The third kappa shape index (κ3) is 3.29. The zero-order valence-electron chi connectivity index (χ0n) is 20.9. The first-order chi connectivity index (χ1) is 17.7. The van der Waals surface area contributed by atoms with E-state index in [0.29, 0.717) is 5.69 Å². The Bertz CT molecular complexity index is 1490. The molecule has 6 rings (SSSR count). The van der Waals surface area contributed by atoms with E-state index in [0.717, 1.165) is 77.3 Å². The fourth-order valence-corrected chi connectivity index (χ4v) is 5.72. The monoisotopic (exact) mass is 477 g/mol. The predicted molar refractivity (Wildman–Crippen MR) is 143 cm³/mol. The van der Waals surface area contributed by atoms with E-state index in [4.69, 9.17) is 4.74 Å². The Balaban J connectivity index is 1.70. The van der Waals surface area contributed by atoms with Crippen molar-refractivity contribution in [2.45, 2.75) is 58.2 Å². The number of carbonyl (C=O) groups excluding carboxylic acids is 1. The molecule has 0 radical (unpaired) electrons. The van der Waals surface area contributed by atoms with E-state index in [1.54, 1.807) is 6.20 Å². The predicted octanol–water partition coefficient (Wildman–Crippen LogP) is 7.05. The highest BCUT2D eigenvalue weighted by atomic mass is 16.6. The molecule has 1 aliphatic rings. The first-order valence-electron chi connectivity index (χ1n) is 13.0. The Hall–Kier alpha value is -3.86. The first kappa shape index (κ1) is 22.6. The van der Waals surface area contributed by atoms with Crippen LogP contribution in [0.4, 0.5) is 0 Å². The van der Waals surface area contributed by atoms with Crippen molar-refractivity contribution in [3.63, 3.8) is 0 Å². The van der Waals surface area contributed by atoms with Crippen LogP contribution in [0.5, 0.6) is 0 Å². The molecule has 1 aliphatic heterocycles. The minimum absolute atomic E-state index is 0.374. The molecular weight excluding hydrogens is 446 g/mol. The molecule has 0 amide bonds. The van der Waals surface area contributed by atoms with Gasteiger partial charge in [0.1, 0.15) is 0 Å². The van der Waals surface area contributed by atoms with Crippen LogP contribution in [0.1, 0.15) is 66.7 Å². The summed E-state index contributed by atoms with van der Waals surface area (Å²) in [6.07, 6.45) is 10.5. The van der Waals surface area contributed by atoms with Crippen LogP contribution >= 0.6 is 0 Å². The van der Waals surface area contributed by atoms with Gasteiger partial charge >= 0.3 is 5.97 Å². The highest BCUT2D eigenvalue weighted by Crippen LogP contribution is 2.51. The number of benzene rings is 2. The second kappa shape index (κ2) is 8.98. The number of hydrogen-bond acceptors (Lipinski definition) is 3. The second-order valence-electron chi connectivity index (χ2n) is 9.68. The third-order valence-electron chi connectivity index (χ3n) is 7.47. The molecule has 0 aliphatic carbocycles. The van der Waals surface area contributed by atoms with Gasteiger partial charge in [0.15, 0.2) is 11.3 Å². The second-order valence-corrected chi connectivity index (χ2v) is 9.68. The lowest BCUT2D eigenvalue weighted by Crippen LogP contribution is -2.29. The molecule has 5 nitrogen and oxygen atoms in total. The van der Waals surface area contributed by atoms with E-state index in [-0.39, 0.29) is 5.97 Å². The maximum absolute atomic E-state index is 13.4. The van der Waals surface area contributed by atoms with Crippen molar-refractivity contribution in [1.82, 2.24) is 14.1 Å². The molecular formula is C31H31N3O2. The van der Waals surface area contributed by atoms with Crippen molar-refractivity contribution in [1.29, 1.82) is 0 Å². The van der Waals surface area contributed by atoms with Gasteiger partial charge < -0.3 is 13.9 Å². The molecule has 0 spiro atoms. The van der Waals surface area contributed by atoms with E-state index in [2.05, 4.69) is 88.9 Å². The number of aryl methyl sites for hydroxylation is 2. The van der Waals surface area contributed by atoms with E-state index >= 15 is 0 Å². The normalized spacial score (nSPS) is 14.4. The average molecular weight is 478 g/mol. The summed E-state index contributed by atoms with van der Waals surface area (Å²) in [6.45, 7) is 6.25. The van der Waals surface area contributed by atoms with Crippen LogP contribution < -0.4 is 0 Å². The summed E-state index contributed by atoms with van der Waals surface area (Å²) >= 11 is 0. The van der Waals surface area contributed by atoms with Gasteiger partial charge in [-0.15, -0.1) is 0 Å². The Morgan fingerprint density at radius 3 is 1.86 bits per heavy atom. The zero-order valence-corrected chi connectivity index (χ0v) is 20.9. The number of para-hydroxylation sites is 2. The van der Waals surface area contributed by atoms with Crippen LogP contribution in [0.2, 0.25) is 0 Å². The Kier molecular flexibility index (Phi) is 5.63. The molecule has 4 heterocycles. The van der Waals surface area contributed by atoms with Crippen LogP contribution in [-0.2, 0) is 23.4 Å². The number of aromatic nitrogens is 3. The third-order valence-corrected chi connectivity index (χ3v) is 7.47. The summed E-state index contributed by atoms with van der Waals surface area (Å²) in [5.41, 5.74) is 4.43. The topological polar surface area (TPSA) is 49.0 Å². The van der Waals surface area contributed by atoms with Crippen LogP contribution in [-0.4, -0.2) is 20.1 Å². The number of ether oxygens (including phenoxy) is 1. The Morgan fingerprint density at radius 2 is 1.31 bits per heavy atom. The largest absolute Gasteiger partial charge is 0.439 e. The highest BCUT2D eigenvalue weighted by molar-refractivity contribution is 5.99. The highest BCUT2D eigenvalue weighted by Gasteiger charge is 2.52. The van der Waals surface area contributed by atoms with E-state index in [1.165, 1.54) is 0 Å². The maximum Gasteiger partial charge on any atom is 0.358 e. The van der Waals surface area contributed by atoms with E-state index in [9.17, 15) is 4.79 Å². The molecule has 0 fully saturated rings. The first-order valence-corrected chi connectivity index (χ1v) is 13.0. The van der Waals surface area contributed by atoms with Crippen LogP contribution in [0.25, 0.3) is 21.8 Å². The van der Waals surface area contributed by atoms with Gasteiger partial charge in [0, 0.05) is 70.2 Å². The summed E-state index contributed by atoms with van der Waals surface area (Å²) in [4.78, 5) is 17.8. The minimum Gasteiger partial charge on any atom is -0.439 e. The molecule has 0 saturated carbocycles. The van der Waals surface area contributed by atoms with Crippen molar-refractivity contribution in [2.75, 3.05) is 0 Å². The Morgan fingerprint density at radius 1 is 0.750 bits per heavy atom. The number of carbonyl (C=O) groups is 1. The molecule has 0 bridgehead atoms. The number of esters is 1. The molecule has 3 aromatic heterocycles. The van der Waals surface area contributed by atoms with Gasteiger partial charge in [-0.05, 0) is 31.0 Å². The maximum atomic E-state index is 13.4. The summed E-state index contributed by atoms with van der Waals surface area (Å²) in [5.74, 6) is -0.374. The molecule has 5 aromatic rings. The fraction of sp³-hybridized carbons (Fsp3) is 0.290. The number of nitrogens with zero attached hydrogens (tertiary/aromatic N) is 3. The van der Waals surface area contributed by atoms with Crippen LogP contribution in [0.3, 0.4) is 0 Å². The lowest BCUT2D eigenvalue weighted by atomic mass is 9.80. The van der Waals surface area contributed by atoms with E-state index in [1.807, 2.05) is 12.1 Å². The number of unbranched alkanes of at least 4 members (excludes halogenated alkanes) is 2. The van der Waals surface area contributed by atoms with Crippen LogP contribution in [0.15, 0.2) is 79.3 Å². The van der Waals surface area contributed by atoms with Crippen molar-refractivity contribution in [3.8, 4) is 0 Å². The lowest BCUT2D eigenvalue weighted by Gasteiger charge is -2.29. The number of fused-ring (bicyclic) bond motifs is 3. The minimum atomic E-state index is -1.07. The van der Waals surface area contributed by atoms with Gasteiger partial charge in [-0.3, -0.25) is 0 Å². The Labute approximate surface area is 211 Å². The smallest absolute Gasteiger partial charge is 0.358 e. The van der Waals surface area contributed by atoms with Crippen molar-refractivity contribution in [2.24, 2.45) is 0 Å². The van der Waals surface area contributed by atoms with Gasteiger partial charge in [-0.25, -0.2) is 9.78 Å². The standard InChI is InChI=1S/C31H31N3O2/c1-3-5-18-33-20-25(22-12-7-9-15-27(22)33)31(24-14-11-17-32-29(24)30(35)36-31)26-21-34(19-6-4-2)28-16-10-8-13-23(26)28/h7-17,20-21H,3-6,18-19H2,1-2H3. The van der Waals surface area contributed by atoms with Gasteiger partial charge in [0.2, 0.25) is 0 Å².